The molecule has 0 bridgehead atoms. The van der Waals surface area contributed by atoms with Crippen molar-refractivity contribution in [2.45, 2.75) is 39.7 Å². The van der Waals surface area contributed by atoms with E-state index < -0.39 is 0 Å². The summed E-state index contributed by atoms with van der Waals surface area (Å²) >= 11 is 0. The Labute approximate surface area is 74.9 Å². The van der Waals surface area contributed by atoms with Crippen LogP contribution in [-0.4, -0.2) is 30.7 Å². The lowest BCUT2D eigenvalue weighted by Crippen LogP contribution is -2.40. The Morgan fingerprint density at radius 3 is 2.58 bits per heavy atom. The van der Waals surface area contributed by atoms with Crippen molar-refractivity contribution in [1.82, 2.24) is 4.90 Å². The van der Waals surface area contributed by atoms with Gasteiger partial charge in [0.05, 0.1) is 0 Å². The first kappa shape index (κ1) is 9.97. The summed E-state index contributed by atoms with van der Waals surface area (Å²) in [5.74, 6) is 0. The molecule has 0 amide bonds. The van der Waals surface area contributed by atoms with Crippen LogP contribution in [0.25, 0.3) is 0 Å². The molecular formula is C10H20FN. The minimum Gasteiger partial charge on any atom is -0.297 e. The molecular weight excluding hydrogens is 153 g/mol. The van der Waals surface area contributed by atoms with E-state index in [1.807, 2.05) is 0 Å². The van der Waals surface area contributed by atoms with Crippen molar-refractivity contribution < 1.29 is 4.39 Å². The van der Waals surface area contributed by atoms with Gasteiger partial charge in [-0.3, -0.25) is 4.90 Å². The van der Waals surface area contributed by atoms with E-state index >= 15 is 0 Å². The van der Waals surface area contributed by atoms with Crippen LogP contribution in [0.4, 0.5) is 4.39 Å². The van der Waals surface area contributed by atoms with Crippen LogP contribution >= 0.6 is 0 Å². The highest BCUT2D eigenvalue weighted by Gasteiger charge is 2.33. The van der Waals surface area contributed by atoms with Gasteiger partial charge in [-0.2, -0.15) is 0 Å². The van der Waals surface area contributed by atoms with Gasteiger partial charge in [-0.1, -0.05) is 20.8 Å². The maximum Gasteiger partial charge on any atom is 0.102 e. The average Bonchev–Trinajstić information content (AvgIpc) is 2.34. The Hall–Kier alpha value is -0.110. The molecule has 1 unspecified atom stereocenters. The second-order valence-electron chi connectivity index (χ2n) is 4.75. The molecule has 0 N–H and O–H groups in total. The van der Waals surface area contributed by atoms with Gasteiger partial charge in [-0.05, 0) is 24.8 Å². The lowest BCUT2D eigenvalue weighted by molar-refractivity contribution is 0.133. The molecule has 1 rings (SSSR count). The second kappa shape index (κ2) is 3.73. The normalized spacial score (nSPS) is 26.5. The van der Waals surface area contributed by atoms with Crippen molar-refractivity contribution in [3.05, 3.63) is 0 Å². The smallest absolute Gasteiger partial charge is 0.102 e. The van der Waals surface area contributed by atoms with E-state index in [4.69, 9.17) is 0 Å². The number of alkyl halides is 1. The molecule has 0 spiro atoms. The zero-order valence-corrected chi connectivity index (χ0v) is 8.44. The van der Waals surface area contributed by atoms with Gasteiger partial charge >= 0.3 is 0 Å². The van der Waals surface area contributed by atoms with Gasteiger partial charge in [-0.15, -0.1) is 0 Å². The van der Waals surface area contributed by atoms with E-state index in [-0.39, 0.29) is 6.67 Å². The standard InChI is InChI=1S/C10H20FN/c1-10(2,3)9-5-4-7-12(9)8-6-11/h9H,4-8H2,1-3H3. The largest absolute Gasteiger partial charge is 0.297 e. The minimum atomic E-state index is -0.202. The Kier molecular flexibility index (Phi) is 3.10. The van der Waals surface area contributed by atoms with E-state index in [1.165, 1.54) is 12.8 Å². The fraction of sp³-hybridized carbons (Fsp3) is 1.00. The lowest BCUT2D eigenvalue weighted by atomic mass is 9.85. The number of likely N-dealkylation sites (tertiary alicyclic amines) is 1. The van der Waals surface area contributed by atoms with Gasteiger partial charge in [0.15, 0.2) is 0 Å². The van der Waals surface area contributed by atoms with E-state index in [0.29, 0.717) is 18.0 Å². The minimum absolute atomic E-state index is 0.202. The fourth-order valence-corrected chi connectivity index (χ4v) is 2.18. The molecule has 12 heavy (non-hydrogen) atoms. The first-order valence-corrected chi connectivity index (χ1v) is 4.85. The third kappa shape index (κ3) is 2.19. The first-order valence-electron chi connectivity index (χ1n) is 4.85. The van der Waals surface area contributed by atoms with Crippen LogP contribution in [0.5, 0.6) is 0 Å². The predicted octanol–water partition coefficient (Wildman–Crippen LogP) is 2.47. The number of rotatable bonds is 2. The zero-order valence-electron chi connectivity index (χ0n) is 8.44. The average molecular weight is 173 g/mol. The van der Waals surface area contributed by atoms with Crippen LogP contribution in [0.1, 0.15) is 33.6 Å². The van der Waals surface area contributed by atoms with Crippen molar-refractivity contribution in [2.24, 2.45) is 5.41 Å². The molecule has 0 aliphatic carbocycles. The van der Waals surface area contributed by atoms with E-state index in [1.54, 1.807) is 0 Å². The van der Waals surface area contributed by atoms with E-state index in [0.717, 1.165) is 6.54 Å². The fourth-order valence-electron chi connectivity index (χ4n) is 2.18. The van der Waals surface area contributed by atoms with Gasteiger partial charge in [0.25, 0.3) is 0 Å². The molecule has 0 radical (unpaired) electrons. The highest BCUT2D eigenvalue weighted by molar-refractivity contribution is 4.87. The van der Waals surface area contributed by atoms with Gasteiger partial charge in [0, 0.05) is 12.6 Å². The summed E-state index contributed by atoms with van der Waals surface area (Å²) in [7, 11) is 0. The zero-order chi connectivity index (χ0) is 9.19. The van der Waals surface area contributed by atoms with Crippen LogP contribution in [0.15, 0.2) is 0 Å². The maximum absolute atomic E-state index is 12.2. The quantitative estimate of drug-likeness (QED) is 0.620. The predicted molar refractivity (Wildman–Crippen MR) is 50.0 cm³/mol. The Morgan fingerprint density at radius 2 is 2.08 bits per heavy atom. The monoisotopic (exact) mass is 173 g/mol. The highest BCUT2D eigenvalue weighted by Crippen LogP contribution is 2.32. The van der Waals surface area contributed by atoms with E-state index in [2.05, 4.69) is 25.7 Å². The topological polar surface area (TPSA) is 3.24 Å². The Balaban J connectivity index is 2.52. The third-order valence-electron chi connectivity index (χ3n) is 2.74. The van der Waals surface area contributed by atoms with Gasteiger partial charge in [0.2, 0.25) is 0 Å². The van der Waals surface area contributed by atoms with Crippen LogP contribution in [0.3, 0.4) is 0 Å². The number of halogens is 1. The molecule has 1 atom stereocenters. The molecule has 72 valence electrons. The summed E-state index contributed by atoms with van der Waals surface area (Å²) in [6.45, 7) is 8.25. The molecule has 0 aromatic carbocycles. The molecule has 0 aromatic rings. The van der Waals surface area contributed by atoms with Gasteiger partial charge < -0.3 is 0 Å². The molecule has 1 nitrogen and oxygen atoms in total. The van der Waals surface area contributed by atoms with Crippen molar-refractivity contribution in [2.75, 3.05) is 19.8 Å². The van der Waals surface area contributed by atoms with Crippen molar-refractivity contribution >= 4 is 0 Å². The number of hydrogen-bond acceptors (Lipinski definition) is 1. The second-order valence-corrected chi connectivity index (χ2v) is 4.75. The summed E-state index contributed by atoms with van der Waals surface area (Å²) in [5, 5.41) is 0. The molecule has 0 aromatic heterocycles. The summed E-state index contributed by atoms with van der Waals surface area (Å²) in [6.07, 6.45) is 2.48. The Morgan fingerprint density at radius 1 is 1.42 bits per heavy atom. The Bertz CT molecular complexity index is 139. The highest BCUT2D eigenvalue weighted by atomic mass is 19.1. The first-order chi connectivity index (χ1) is 5.55. The summed E-state index contributed by atoms with van der Waals surface area (Å²) < 4.78 is 12.2. The maximum atomic E-state index is 12.2. The van der Waals surface area contributed by atoms with Gasteiger partial charge in [-0.25, -0.2) is 4.39 Å². The molecule has 1 aliphatic rings. The SMILES string of the molecule is CC(C)(C)C1CCCN1CCF. The molecule has 1 aliphatic heterocycles. The van der Waals surface area contributed by atoms with Gasteiger partial charge in [0.1, 0.15) is 6.67 Å². The summed E-state index contributed by atoms with van der Waals surface area (Å²) in [6, 6.07) is 0.591. The molecule has 1 heterocycles. The van der Waals surface area contributed by atoms with Crippen LogP contribution in [-0.2, 0) is 0 Å². The molecule has 1 fully saturated rings. The van der Waals surface area contributed by atoms with Crippen LogP contribution in [0.2, 0.25) is 0 Å². The molecule has 1 saturated heterocycles. The summed E-state index contributed by atoms with van der Waals surface area (Å²) in [5.41, 5.74) is 0.311. The molecule has 2 heteroatoms. The lowest BCUT2D eigenvalue weighted by Gasteiger charge is -2.34. The van der Waals surface area contributed by atoms with Crippen molar-refractivity contribution in [3.63, 3.8) is 0 Å². The summed E-state index contributed by atoms with van der Waals surface area (Å²) in [4.78, 5) is 2.29. The third-order valence-corrected chi connectivity index (χ3v) is 2.74. The van der Waals surface area contributed by atoms with Crippen molar-refractivity contribution in [1.29, 1.82) is 0 Å². The number of nitrogens with zero attached hydrogens (tertiary/aromatic N) is 1. The van der Waals surface area contributed by atoms with Crippen LogP contribution in [0, 0.1) is 5.41 Å². The van der Waals surface area contributed by atoms with E-state index in [9.17, 15) is 4.39 Å². The molecule has 0 saturated carbocycles. The van der Waals surface area contributed by atoms with Crippen molar-refractivity contribution in [3.8, 4) is 0 Å². The van der Waals surface area contributed by atoms with Crippen LogP contribution < -0.4 is 0 Å². The number of hydrogen-bond donors (Lipinski definition) is 0.